The first-order chi connectivity index (χ1) is 15.6. The van der Waals surface area contributed by atoms with Gasteiger partial charge in [0, 0.05) is 25.0 Å². The summed E-state index contributed by atoms with van der Waals surface area (Å²) < 4.78 is 3.26. The first-order valence-electron chi connectivity index (χ1n) is 10.5. The second-order valence-corrected chi connectivity index (χ2v) is 9.55. The molecule has 0 aliphatic carbocycles. The number of anilines is 1. The van der Waals surface area contributed by atoms with Crippen LogP contribution in [0.4, 0.5) is 10.8 Å². The first-order valence-corrected chi connectivity index (χ1v) is 12.1. The Kier molecular flexibility index (Phi) is 5.45. The van der Waals surface area contributed by atoms with Gasteiger partial charge in [0.15, 0.2) is 0 Å². The molecule has 2 aromatic carbocycles. The van der Waals surface area contributed by atoms with Gasteiger partial charge in [-0.2, -0.15) is 0 Å². The molecule has 32 heavy (non-hydrogen) atoms. The van der Waals surface area contributed by atoms with Gasteiger partial charge in [-0.1, -0.05) is 36.4 Å². The Labute approximate surface area is 195 Å². The molecule has 1 amide bonds. The van der Waals surface area contributed by atoms with E-state index in [9.17, 15) is 4.79 Å². The van der Waals surface area contributed by atoms with Crippen LogP contribution in [0.15, 0.2) is 82.4 Å². The maximum absolute atomic E-state index is 13.0. The number of thiazole rings is 1. The zero-order valence-electron chi connectivity index (χ0n) is 18.1. The topological polar surface area (TPSA) is 39.8 Å². The van der Waals surface area contributed by atoms with E-state index < -0.39 is 0 Å². The molecular formula is C25H23N4OS2+. The second-order valence-electron chi connectivity index (χ2n) is 7.53. The Bertz CT molecular complexity index is 1350. The van der Waals surface area contributed by atoms with Gasteiger partial charge in [0.2, 0.25) is 0 Å². The van der Waals surface area contributed by atoms with Gasteiger partial charge in [0.25, 0.3) is 11.1 Å². The molecule has 160 valence electrons. The lowest BCUT2D eigenvalue weighted by Gasteiger charge is -2.26. The van der Waals surface area contributed by atoms with Gasteiger partial charge >= 0.3 is 5.13 Å². The molecule has 0 saturated carbocycles. The number of hydrogen-bond acceptors (Lipinski definition) is 5. The van der Waals surface area contributed by atoms with Crippen LogP contribution in [-0.2, 0) is 11.8 Å². The van der Waals surface area contributed by atoms with Crippen LogP contribution in [-0.4, -0.2) is 29.6 Å². The molecule has 5 nitrogen and oxygen atoms in total. The molecular weight excluding hydrogens is 436 g/mol. The van der Waals surface area contributed by atoms with Crippen LogP contribution in [0.2, 0.25) is 0 Å². The summed E-state index contributed by atoms with van der Waals surface area (Å²) in [5, 5.41) is 1.60. The SMILES string of the molecule is CCN1C(=O)/C(=C/C=C2\C=Cc3ccccc3N2C)S/C1=N\c1sc2ccccc2[n+]1C. The van der Waals surface area contributed by atoms with E-state index in [1.807, 2.05) is 57.4 Å². The van der Waals surface area contributed by atoms with Crippen molar-refractivity contribution in [3.63, 3.8) is 0 Å². The van der Waals surface area contributed by atoms with Crippen LogP contribution >= 0.6 is 23.1 Å². The number of likely N-dealkylation sites (N-methyl/N-ethyl adjacent to an activating group) is 2. The van der Waals surface area contributed by atoms with Crippen molar-refractivity contribution in [3.8, 4) is 0 Å². The number of fused-ring (bicyclic) bond motifs is 2. The van der Waals surface area contributed by atoms with Crippen LogP contribution < -0.4 is 9.47 Å². The van der Waals surface area contributed by atoms with E-state index in [2.05, 4.69) is 45.9 Å². The number of aliphatic imine (C=N–C) groups is 1. The van der Waals surface area contributed by atoms with Gasteiger partial charge < -0.3 is 4.90 Å². The zero-order chi connectivity index (χ0) is 22.2. The standard InChI is InChI=1S/C25H23N4OS2/c1-4-29-23(30)22(16-15-18-14-13-17-9-5-6-10-19(17)27(18)2)32-25(29)26-24-28(3)20-11-7-8-12-21(20)31-24/h5-16H,4H2,1-3H3/q+1/b18-15+,22-16-. The number of carbonyl (C=O) groups is 1. The van der Waals surface area contributed by atoms with Crippen molar-refractivity contribution >= 4 is 61.3 Å². The fourth-order valence-electron chi connectivity index (χ4n) is 3.84. The molecule has 0 spiro atoms. The summed E-state index contributed by atoms with van der Waals surface area (Å²) in [6, 6.07) is 16.5. The van der Waals surface area contributed by atoms with Crippen LogP contribution in [0, 0.1) is 0 Å². The normalized spacial score (nSPS) is 19.7. The highest BCUT2D eigenvalue weighted by Crippen LogP contribution is 2.35. The van der Waals surface area contributed by atoms with Crippen molar-refractivity contribution < 1.29 is 9.36 Å². The molecule has 0 radical (unpaired) electrons. The summed E-state index contributed by atoms with van der Waals surface area (Å²) in [6.45, 7) is 2.56. The Morgan fingerprint density at radius 3 is 2.66 bits per heavy atom. The monoisotopic (exact) mass is 459 g/mol. The van der Waals surface area contributed by atoms with E-state index in [-0.39, 0.29) is 5.91 Å². The molecule has 1 fully saturated rings. The van der Waals surface area contributed by atoms with E-state index in [0.717, 1.165) is 27.2 Å². The highest BCUT2D eigenvalue weighted by atomic mass is 32.2. The molecule has 0 unspecified atom stereocenters. The summed E-state index contributed by atoms with van der Waals surface area (Å²) in [7, 11) is 4.06. The van der Waals surface area contributed by atoms with E-state index in [4.69, 9.17) is 4.99 Å². The van der Waals surface area contributed by atoms with Gasteiger partial charge in [-0.3, -0.25) is 9.69 Å². The number of hydrogen-bond donors (Lipinski definition) is 0. The van der Waals surface area contributed by atoms with Crippen LogP contribution in [0.25, 0.3) is 16.3 Å². The number of thioether (sulfide) groups is 1. The molecule has 0 bridgehead atoms. The summed E-state index contributed by atoms with van der Waals surface area (Å²) in [5.41, 5.74) is 4.52. The number of benzene rings is 2. The molecule has 0 N–H and O–H groups in total. The molecule has 1 aromatic heterocycles. The minimum atomic E-state index is -0.000272. The Hall–Kier alpha value is -3.16. The average molecular weight is 460 g/mol. The highest BCUT2D eigenvalue weighted by molar-refractivity contribution is 8.18. The summed E-state index contributed by atoms with van der Waals surface area (Å²) in [6.07, 6.45) is 8.10. The van der Waals surface area contributed by atoms with E-state index in [0.29, 0.717) is 11.4 Å². The Morgan fingerprint density at radius 2 is 1.84 bits per heavy atom. The van der Waals surface area contributed by atoms with E-state index in [1.54, 1.807) is 16.2 Å². The van der Waals surface area contributed by atoms with Crippen LogP contribution in [0.5, 0.6) is 0 Å². The number of amides is 1. The maximum atomic E-state index is 13.0. The van der Waals surface area contributed by atoms with Crippen molar-refractivity contribution in [2.24, 2.45) is 12.0 Å². The zero-order valence-corrected chi connectivity index (χ0v) is 19.8. The molecule has 2 aliphatic rings. The Morgan fingerprint density at radius 1 is 1.06 bits per heavy atom. The third-order valence-electron chi connectivity index (χ3n) is 5.63. The minimum absolute atomic E-state index is 0.000272. The molecule has 2 aliphatic heterocycles. The quantitative estimate of drug-likeness (QED) is 0.397. The fourth-order valence-corrected chi connectivity index (χ4v) is 5.91. The summed E-state index contributed by atoms with van der Waals surface area (Å²) >= 11 is 3.07. The summed E-state index contributed by atoms with van der Waals surface area (Å²) in [4.78, 5) is 22.5. The first kappa shape index (κ1) is 20.7. The average Bonchev–Trinajstić information content (AvgIpc) is 3.29. The van der Waals surface area contributed by atoms with Crippen molar-refractivity contribution in [1.29, 1.82) is 0 Å². The number of aromatic nitrogens is 1. The third-order valence-corrected chi connectivity index (χ3v) is 7.77. The van der Waals surface area contributed by atoms with Crippen molar-refractivity contribution in [2.45, 2.75) is 6.92 Å². The number of nitrogens with zero attached hydrogens (tertiary/aromatic N) is 4. The highest BCUT2D eigenvalue weighted by Gasteiger charge is 2.36. The lowest BCUT2D eigenvalue weighted by molar-refractivity contribution is -0.627. The van der Waals surface area contributed by atoms with Crippen molar-refractivity contribution in [2.75, 3.05) is 18.5 Å². The minimum Gasteiger partial charge on any atom is -0.344 e. The number of amidine groups is 1. The molecule has 1 saturated heterocycles. The number of allylic oxidation sites excluding steroid dienone is 3. The maximum Gasteiger partial charge on any atom is 0.385 e. The molecule has 0 atom stereocenters. The van der Waals surface area contributed by atoms with Gasteiger partial charge in [0.05, 0.1) is 16.7 Å². The molecule has 7 heteroatoms. The largest absolute Gasteiger partial charge is 0.385 e. The van der Waals surface area contributed by atoms with Crippen molar-refractivity contribution in [1.82, 2.24) is 4.90 Å². The van der Waals surface area contributed by atoms with Gasteiger partial charge in [-0.15, -0.1) is 0 Å². The molecule has 3 heterocycles. The number of rotatable bonds is 3. The van der Waals surface area contributed by atoms with Crippen LogP contribution in [0.1, 0.15) is 12.5 Å². The second kappa shape index (κ2) is 8.41. The van der Waals surface area contributed by atoms with Gasteiger partial charge in [-0.05, 0) is 77.0 Å². The number of carbonyl (C=O) groups excluding carboxylic acids is 1. The lowest BCUT2D eigenvalue weighted by atomic mass is 10.1. The predicted molar refractivity (Wildman–Crippen MR) is 135 cm³/mol. The number of aryl methyl sites for hydroxylation is 1. The smallest absolute Gasteiger partial charge is 0.344 e. The molecule has 3 aromatic rings. The summed E-state index contributed by atoms with van der Waals surface area (Å²) in [5.74, 6) is -0.000272. The van der Waals surface area contributed by atoms with E-state index >= 15 is 0 Å². The van der Waals surface area contributed by atoms with Crippen LogP contribution in [0.3, 0.4) is 0 Å². The van der Waals surface area contributed by atoms with Crippen molar-refractivity contribution in [3.05, 3.63) is 82.9 Å². The number of para-hydroxylation sites is 2. The Balaban J connectivity index is 1.46. The molecule has 5 rings (SSSR count). The van der Waals surface area contributed by atoms with E-state index in [1.165, 1.54) is 22.0 Å². The fraction of sp³-hybridized carbons (Fsp3) is 0.160. The lowest BCUT2D eigenvalue weighted by Crippen LogP contribution is -2.30. The predicted octanol–water partition coefficient (Wildman–Crippen LogP) is 5.24. The third kappa shape index (κ3) is 3.57. The van der Waals surface area contributed by atoms with Gasteiger partial charge in [-0.25, -0.2) is 4.57 Å². The van der Waals surface area contributed by atoms with Gasteiger partial charge in [0.1, 0.15) is 5.52 Å².